The zero-order valence-electron chi connectivity index (χ0n) is 16.4. The first-order valence-corrected chi connectivity index (χ1v) is 9.42. The highest BCUT2D eigenvalue weighted by Gasteiger charge is 2.11. The van der Waals surface area contributed by atoms with Gasteiger partial charge in [0.15, 0.2) is 0 Å². The van der Waals surface area contributed by atoms with Gasteiger partial charge in [0.25, 0.3) is 0 Å². The third-order valence-corrected chi connectivity index (χ3v) is 3.96. The maximum Gasteiger partial charge on any atom is 0.311 e. The minimum absolute atomic E-state index is 0.0524. The standard InChI is InChI=1S/C22H28N2O4/c1-15(23)13-17-3-7-19(8-4-17)27-21(25)11-12-22(26)28-20-9-5-18(6-10-20)14-16(2)24/h3-10,15-16H,11-14,23-24H2,1-2H3/t15-,16-/m1/s1. The molecule has 2 aromatic rings. The highest BCUT2D eigenvalue weighted by Crippen LogP contribution is 2.16. The van der Waals surface area contributed by atoms with E-state index in [2.05, 4.69) is 0 Å². The van der Waals surface area contributed by atoms with Crippen LogP contribution in [0.1, 0.15) is 37.8 Å². The smallest absolute Gasteiger partial charge is 0.311 e. The van der Waals surface area contributed by atoms with E-state index in [1.54, 1.807) is 24.3 Å². The zero-order chi connectivity index (χ0) is 20.5. The van der Waals surface area contributed by atoms with Gasteiger partial charge in [0, 0.05) is 12.1 Å². The van der Waals surface area contributed by atoms with Gasteiger partial charge in [0.1, 0.15) is 11.5 Å². The average molecular weight is 384 g/mol. The van der Waals surface area contributed by atoms with Crippen molar-refractivity contribution >= 4 is 11.9 Å². The molecule has 0 unspecified atom stereocenters. The van der Waals surface area contributed by atoms with Crippen LogP contribution in [0.15, 0.2) is 48.5 Å². The van der Waals surface area contributed by atoms with E-state index >= 15 is 0 Å². The first-order valence-electron chi connectivity index (χ1n) is 9.42. The second-order valence-corrected chi connectivity index (χ2v) is 7.10. The molecule has 4 N–H and O–H groups in total. The molecule has 0 aliphatic rings. The van der Waals surface area contributed by atoms with Gasteiger partial charge in [-0.05, 0) is 62.1 Å². The number of rotatable bonds is 9. The van der Waals surface area contributed by atoms with Crippen molar-refractivity contribution in [1.29, 1.82) is 0 Å². The Morgan fingerprint density at radius 1 is 0.714 bits per heavy atom. The molecular formula is C22H28N2O4. The number of nitrogens with two attached hydrogens (primary N) is 2. The summed E-state index contributed by atoms with van der Waals surface area (Å²) in [7, 11) is 0. The largest absolute Gasteiger partial charge is 0.427 e. The van der Waals surface area contributed by atoms with Crippen molar-refractivity contribution in [3.05, 3.63) is 59.7 Å². The van der Waals surface area contributed by atoms with Crippen LogP contribution in [0.2, 0.25) is 0 Å². The van der Waals surface area contributed by atoms with Crippen molar-refractivity contribution in [1.82, 2.24) is 0 Å². The van der Waals surface area contributed by atoms with Crippen LogP contribution in [-0.4, -0.2) is 24.0 Å². The average Bonchev–Trinajstić information content (AvgIpc) is 2.62. The van der Waals surface area contributed by atoms with Crippen LogP contribution in [0.25, 0.3) is 0 Å². The predicted molar refractivity (Wildman–Crippen MR) is 108 cm³/mol. The van der Waals surface area contributed by atoms with Crippen LogP contribution < -0.4 is 20.9 Å². The molecule has 0 fully saturated rings. The van der Waals surface area contributed by atoms with Crippen LogP contribution in [0, 0.1) is 0 Å². The van der Waals surface area contributed by atoms with Gasteiger partial charge in [-0.25, -0.2) is 0 Å². The first-order chi connectivity index (χ1) is 13.3. The first kappa shape index (κ1) is 21.6. The van der Waals surface area contributed by atoms with E-state index in [4.69, 9.17) is 20.9 Å². The number of ether oxygens (including phenoxy) is 2. The molecular weight excluding hydrogens is 356 g/mol. The molecule has 0 bridgehead atoms. The lowest BCUT2D eigenvalue weighted by Crippen LogP contribution is -2.17. The molecule has 0 aromatic heterocycles. The van der Waals surface area contributed by atoms with Crippen molar-refractivity contribution in [2.75, 3.05) is 0 Å². The van der Waals surface area contributed by atoms with Gasteiger partial charge >= 0.3 is 11.9 Å². The molecule has 0 saturated heterocycles. The molecule has 0 spiro atoms. The Balaban J connectivity index is 1.75. The fraction of sp³-hybridized carbons (Fsp3) is 0.364. The van der Waals surface area contributed by atoms with Crippen molar-refractivity contribution in [3.63, 3.8) is 0 Å². The van der Waals surface area contributed by atoms with E-state index in [1.807, 2.05) is 38.1 Å². The molecule has 0 radical (unpaired) electrons. The van der Waals surface area contributed by atoms with E-state index in [1.165, 1.54) is 0 Å². The number of carbonyl (C=O) groups is 2. The van der Waals surface area contributed by atoms with Gasteiger partial charge in [-0.1, -0.05) is 24.3 Å². The molecule has 2 aromatic carbocycles. The van der Waals surface area contributed by atoms with Crippen molar-refractivity contribution < 1.29 is 19.1 Å². The predicted octanol–water partition coefficient (Wildman–Crippen LogP) is 2.76. The Bertz CT molecular complexity index is 701. The molecule has 6 heteroatoms. The van der Waals surface area contributed by atoms with E-state index in [9.17, 15) is 9.59 Å². The topological polar surface area (TPSA) is 105 Å². The molecule has 0 amide bonds. The summed E-state index contributed by atoms with van der Waals surface area (Å²) in [6, 6.07) is 14.5. The number of benzene rings is 2. The molecule has 150 valence electrons. The van der Waals surface area contributed by atoms with E-state index in [0.29, 0.717) is 11.5 Å². The normalized spacial score (nSPS) is 12.9. The molecule has 2 atom stereocenters. The zero-order valence-corrected chi connectivity index (χ0v) is 16.4. The fourth-order valence-electron chi connectivity index (χ4n) is 2.70. The van der Waals surface area contributed by atoms with Crippen LogP contribution >= 0.6 is 0 Å². The van der Waals surface area contributed by atoms with Crippen molar-refractivity contribution in [2.24, 2.45) is 11.5 Å². The Morgan fingerprint density at radius 2 is 1.04 bits per heavy atom. The maximum atomic E-state index is 11.9. The summed E-state index contributed by atoms with van der Waals surface area (Å²) in [6.45, 7) is 3.87. The van der Waals surface area contributed by atoms with E-state index < -0.39 is 11.9 Å². The summed E-state index contributed by atoms with van der Waals surface area (Å²) in [4.78, 5) is 23.8. The molecule has 0 heterocycles. The highest BCUT2D eigenvalue weighted by atomic mass is 16.5. The van der Waals surface area contributed by atoms with Gasteiger partial charge in [-0.2, -0.15) is 0 Å². The van der Waals surface area contributed by atoms with E-state index in [0.717, 1.165) is 24.0 Å². The number of hydrogen-bond donors (Lipinski definition) is 2. The molecule has 28 heavy (non-hydrogen) atoms. The fourth-order valence-corrected chi connectivity index (χ4v) is 2.70. The molecule has 6 nitrogen and oxygen atoms in total. The number of esters is 2. The summed E-state index contributed by atoms with van der Waals surface area (Å²) in [5.74, 6) is -0.0821. The van der Waals surface area contributed by atoms with Crippen LogP contribution in [0.4, 0.5) is 0 Å². The Hall–Kier alpha value is -2.70. The summed E-state index contributed by atoms with van der Waals surface area (Å²) >= 11 is 0. The third-order valence-electron chi connectivity index (χ3n) is 3.96. The van der Waals surface area contributed by atoms with Gasteiger partial charge in [0.05, 0.1) is 12.8 Å². The van der Waals surface area contributed by atoms with Crippen LogP contribution in [0.5, 0.6) is 11.5 Å². The van der Waals surface area contributed by atoms with Crippen molar-refractivity contribution in [3.8, 4) is 11.5 Å². The minimum Gasteiger partial charge on any atom is -0.427 e. The molecule has 0 aliphatic heterocycles. The second kappa shape index (κ2) is 10.6. The third kappa shape index (κ3) is 7.90. The van der Waals surface area contributed by atoms with Crippen LogP contribution in [-0.2, 0) is 22.4 Å². The van der Waals surface area contributed by atoms with Gasteiger partial charge < -0.3 is 20.9 Å². The lowest BCUT2D eigenvalue weighted by atomic mass is 10.1. The molecule has 0 saturated carbocycles. The van der Waals surface area contributed by atoms with Crippen molar-refractivity contribution in [2.45, 2.75) is 51.6 Å². The molecule has 0 aliphatic carbocycles. The monoisotopic (exact) mass is 384 g/mol. The Kier molecular flexibility index (Phi) is 8.17. The summed E-state index contributed by atoms with van der Waals surface area (Å²) in [6.07, 6.45) is 1.41. The Labute approximate surface area is 165 Å². The van der Waals surface area contributed by atoms with Gasteiger partial charge in [-0.15, -0.1) is 0 Å². The molecule has 2 rings (SSSR count). The summed E-state index contributed by atoms with van der Waals surface area (Å²) < 4.78 is 10.5. The quantitative estimate of drug-likeness (QED) is 0.509. The second-order valence-electron chi connectivity index (χ2n) is 7.10. The lowest BCUT2D eigenvalue weighted by Gasteiger charge is -2.08. The highest BCUT2D eigenvalue weighted by molar-refractivity contribution is 5.80. The summed E-state index contributed by atoms with van der Waals surface area (Å²) in [5.41, 5.74) is 13.7. The van der Waals surface area contributed by atoms with Gasteiger partial charge in [-0.3, -0.25) is 9.59 Å². The number of hydrogen-bond acceptors (Lipinski definition) is 6. The minimum atomic E-state index is -0.482. The Morgan fingerprint density at radius 3 is 1.32 bits per heavy atom. The van der Waals surface area contributed by atoms with Crippen LogP contribution in [0.3, 0.4) is 0 Å². The van der Waals surface area contributed by atoms with Gasteiger partial charge in [0.2, 0.25) is 0 Å². The SMILES string of the molecule is C[C@@H](N)Cc1ccc(OC(=O)CCC(=O)Oc2ccc(C[C@@H](C)N)cc2)cc1. The maximum absolute atomic E-state index is 11.9. The van der Waals surface area contributed by atoms with E-state index in [-0.39, 0.29) is 24.9 Å². The summed E-state index contributed by atoms with van der Waals surface area (Å²) in [5, 5.41) is 0. The number of carbonyl (C=O) groups excluding carboxylic acids is 2. The lowest BCUT2D eigenvalue weighted by molar-refractivity contribution is -0.140.